The van der Waals surface area contributed by atoms with E-state index in [0.717, 1.165) is 17.8 Å². The molecule has 0 aromatic heterocycles. The van der Waals surface area contributed by atoms with Gasteiger partial charge in [0.1, 0.15) is 5.82 Å². The van der Waals surface area contributed by atoms with Gasteiger partial charge in [0.25, 0.3) is 0 Å². The molecule has 0 amide bonds. The Morgan fingerprint density at radius 3 is 2.45 bits per heavy atom. The van der Waals surface area contributed by atoms with E-state index in [1.807, 2.05) is 48.3 Å². The Kier molecular flexibility index (Phi) is 4.74. The average molecular weight is 272 g/mol. The van der Waals surface area contributed by atoms with Gasteiger partial charge < -0.3 is 10.6 Å². The number of nitrogens with zero attached hydrogens (tertiary/aromatic N) is 1. The third kappa shape index (κ3) is 3.58. The molecule has 2 atom stereocenters. The maximum atomic E-state index is 13.2. The molecule has 2 unspecified atom stereocenters. The number of hydrogen-bond donors (Lipinski definition) is 1. The predicted molar refractivity (Wildman–Crippen MR) is 82.2 cm³/mol. The van der Waals surface area contributed by atoms with Gasteiger partial charge >= 0.3 is 0 Å². The lowest BCUT2D eigenvalue weighted by Gasteiger charge is -2.27. The fourth-order valence-corrected chi connectivity index (χ4v) is 2.37. The van der Waals surface area contributed by atoms with Crippen LogP contribution in [0.15, 0.2) is 54.6 Å². The first kappa shape index (κ1) is 14.5. The second-order valence-corrected chi connectivity index (χ2v) is 5.27. The van der Waals surface area contributed by atoms with Crippen molar-refractivity contribution >= 4 is 5.69 Å². The zero-order chi connectivity index (χ0) is 14.5. The van der Waals surface area contributed by atoms with Crippen molar-refractivity contribution in [1.82, 2.24) is 0 Å². The molecule has 2 nitrogen and oxygen atoms in total. The first-order chi connectivity index (χ1) is 9.58. The van der Waals surface area contributed by atoms with E-state index >= 15 is 0 Å². The van der Waals surface area contributed by atoms with Gasteiger partial charge in [0.15, 0.2) is 0 Å². The quantitative estimate of drug-likeness (QED) is 0.901. The first-order valence-electron chi connectivity index (χ1n) is 6.85. The Bertz CT molecular complexity index is 542. The van der Waals surface area contributed by atoms with Gasteiger partial charge in [-0.2, -0.15) is 0 Å². The summed E-state index contributed by atoms with van der Waals surface area (Å²) in [4.78, 5) is 2.04. The minimum atomic E-state index is -0.214. The van der Waals surface area contributed by atoms with E-state index < -0.39 is 0 Å². The number of nitrogens with two attached hydrogens (primary N) is 1. The topological polar surface area (TPSA) is 29.3 Å². The summed E-state index contributed by atoms with van der Waals surface area (Å²) < 4.78 is 13.2. The van der Waals surface area contributed by atoms with Crippen LogP contribution in [0.5, 0.6) is 0 Å². The summed E-state index contributed by atoms with van der Waals surface area (Å²) >= 11 is 0. The number of hydrogen-bond acceptors (Lipinski definition) is 2. The van der Waals surface area contributed by atoms with Crippen molar-refractivity contribution < 1.29 is 4.39 Å². The Morgan fingerprint density at radius 2 is 1.80 bits per heavy atom. The Balaban J connectivity index is 2.02. The molecule has 2 aromatic carbocycles. The standard InChI is InChI=1S/C17H21FN2/c1-13(17(19)14-7-4-3-5-8-14)12-20(2)16-10-6-9-15(18)11-16/h3-11,13,17H,12,19H2,1-2H3. The van der Waals surface area contributed by atoms with E-state index in [2.05, 4.69) is 6.92 Å². The largest absolute Gasteiger partial charge is 0.374 e. The fraction of sp³-hybridized carbons (Fsp3) is 0.294. The minimum absolute atomic E-state index is 0.0211. The van der Waals surface area contributed by atoms with Crippen molar-refractivity contribution in [3.8, 4) is 0 Å². The highest BCUT2D eigenvalue weighted by atomic mass is 19.1. The molecule has 2 rings (SSSR count). The third-order valence-corrected chi connectivity index (χ3v) is 3.61. The van der Waals surface area contributed by atoms with Crippen molar-refractivity contribution in [3.63, 3.8) is 0 Å². The maximum absolute atomic E-state index is 13.2. The van der Waals surface area contributed by atoms with Crippen molar-refractivity contribution in [2.75, 3.05) is 18.5 Å². The number of halogens is 1. The smallest absolute Gasteiger partial charge is 0.125 e. The van der Waals surface area contributed by atoms with Gasteiger partial charge in [0.2, 0.25) is 0 Å². The minimum Gasteiger partial charge on any atom is -0.374 e. The normalized spacial score (nSPS) is 13.8. The summed E-state index contributed by atoms with van der Waals surface area (Å²) in [5.74, 6) is 0.0556. The molecule has 0 saturated heterocycles. The SMILES string of the molecule is CC(CN(C)c1cccc(F)c1)C(N)c1ccccc1. The summed E-state index contributed by atoms with van der Waals surface area (Å²) in [6, 6.07) is 16.7. The number of benzene rings is 2. The van der Waals surface area contributed by atoms with Crippen LogP contribution in [0.2, 0.25) is 0 Å². The van der Waals surface area contributed by atoms with E-state index in [0.29, 0.717) is 0 Å². The van der Waals surface area contributed by atoms with E-state index in [4.69, 9.17) is 5.73 Å². The molecule has 0 saturated carbocycles. The van der Waals surface area contributed by atoms with Crippen molar-refractivity contribution in [1.29, 1.82) is 0 Å². The lowest BCUT2D eigenvalue weighted by molar-refractivity contribution is 0.472. The number of rotatable bonds is 5. The average Bonchev–Trinajstić information content (AvgIpc) is 2.47. The molecule has 0 bridgehead atoms. The van der Waals surface area contributed by atoms with Gasteiger partial charge in [-0.1, -0.05) is 43.3 Å². The van der Waals surface area contributed by atoms with Crippen LogP contribution in [-0.4, -0.2) is 13.6 Å². The molecule has 106 valence electrons. The molecule has 0 aliphatic heterocycles. The van der Waals surface area contributed by atoms with Gasteiger partial charge in [-0.05, 0) is 29.7 Å². The molecule has 2 aromatic rings. The second kappa shape index (κ2) is 6.53. The van der Waals surface area contributed by atoms with Gasteiger partial charge in [0.05, 0.1) is 0 Å². The van der Waals surface area contributed by atoms with E-state index in [1.165, 1.54) is 6.07 Å². The summed E-state index contributed by atoms with van der Waals surface area (Å²) in [6.45, 7) is 2.90. The molecule has 0 heterocycles. The highest BCUT2D eigenvalue weighted by molar-refractivity contribution is 5.45. The van der Waals surface area contributed by atoms with Gasteiger partial charge in [-0.3, -0.25) is 0 Å². The summed E-state index contributed by atoms with van der Waals surface area (Å²) in [5, 5.41) is 0. The summed E-state index contributed by atoms with van der Waals surface area (Å²) in [5.41, 5.74) is 8.30. The second-order valence-electron chi connectivity index (χ2n) is 5.27. The van der Waals surface area contributed by atoms with Gasteiger partial charge in [0, 0.05) is 25.3 Å². The molecule has 0 radical (unpaired) electrons. The molecule has 0 aliphatic rings. The third-order valence-electron chi connectivity index (χ3n) is 3.61. The zero-order valence-electron chi connectivity index (χ0n) is 12.0. The molecule has 3 heteroatoms. The molecule has 0 fully saturated rings. The Hall–Kier alpha value is -1.87. The van der Waals surface area contributed by atoms with Crippen LogP contribution in [0.1, 0.15) is 18.5 Å². The Morgan fingerprint density at radius 1 is 1.10 bits per heavy atom. The van der Waals surface area contributed by atoms with Crippen LogP contribution in [-0.2, 0) is 0 Å². The zero-order valence-corrected chi connectivity index (χ0v) is 12.0. The van der Waals surface area contributed by atoms with E-state index in [-0.39, 0.29) is 17.8 Å². The molecule has 20 heavy (non-hydrogen) atoms. The van der Waals surface area contributed by atoms with Gasteiger partial charge in [-0.15, -0.1) is 0 Å². The fourth-order valence-electron chi connectivity index (χ4n) is 2.37. The Labute approximate surface area is 120 Å². The highest BCUT2D eigenvalue weighted by Crippen LogP contribution is 2.22. The van der Waals surface area contributed by atoms with Crippen LogP contribution in [0.3, 0.4) is 0 Å². The van der Waals surface area contributed by atoms with Crippen molar-refractivity contribution in [2.24, 2.45) is 11.7 Å². The van der Waals surface area contributed by atoms with Crippen molar-refractivity contribution in [3.05, 3.63) is 66.0 Å². The molecule has 0 spiro atoms. The van der Waals surface area contributed by atoms with Crippen LogP contribution in [0.25, 0.3) is 0 Å². The van der Waals surface area contributed by atoms with Crippen LogP contribution in [0.4, 0.5) is 10.1 Å². The van der Waals surface area contributed by atoms with Gasteiger partial charge in [-0.25, -0.2) is 4.39 Å². The highest BCUT2D eigenvalue weighted by Gasteiger charge is 2.16. The van der Waals surface area contributed by atoms with E-state index in [9.17, 15) is 4.39 Å². The predicted octanol–water partition coefficient (Wildman–Crippen LogP) is 3.60. The van der Waals surface area contributed by atoms with Crippen LogP contribution < -0.4 is 10.6 Å². The van der Waals surface area contributed by atoms with E-state index in [1.54, 1.807) is 12.1 Å². The van der Waals surface area contributed by atoms with Crippen LogP contribution >= 0.6 is 0 Å². The first-order valence-corrected chi connectivity index (χ1v) is 6.85. The summed E-state index contributed by atoms with van der Waals surface area (Å²) in [7, 11) is 1.96. The number of anilines is 1. The monoisotopic (exact) mass is 272 g/mol. The van der Waals surface area contributed by atoms with Crippen molar-refractivity contribution in [2.45, 2.75) is 13.0 Å². The lowest BCUT2D eigenvalue weighted by Crippen LogP contribution is -2.31. The lowest BCUT2D eigenvalue weighted by atomic mass is 9.95. The molecule has 0 aliphatic carbocycles. The maximum Gasteiger partial charge on any atom is 0.125 e. The molecular weight excluding hydrogens is 251 g/mol. The molecular formula is C17H21FN2. The molecule has 2 N–H and O–H groups in total. The summed E-state index contributed by atoms with van der Waals surface area (Å²) in [6.07, 6.45) is 0. The van der Waals surface area contributed by atoms with Crippen LogP contribution in [0, 0.1) is 11.7 Å².